The first-order chi connectivity index (χ1) is 9.58. The van der Waals surface area contributed by atoms with Crippen LogP contribution in [0.15, 0.2) is 34.8 Å². The van der Waals surface area contributed by atoms with Gasteiger partial charge in [0, 0.05) is 23.1 Å². The minimum Gasteiger partial charge on any atom is -0.370 e. The Bertz CT molecular complexity index is 569. The molecule has 0 fully saturated rings. The first kappa shape index (κ1) is 14.8. The summed E-state index contributed by atoms with van der Waals surface area (Å²) in [5.74, 6) is 2.45. The number of nitrogens with one attached hydrogen (secondary N) is 2. The van der Waals surface area contributed by atoms with Gasteiger partial charge in [-0.25, -0.2) is 9.97 Å². The number of aryl methyl sites for hydroxylation is 1. The van der Waals surface area contributed by atoms with E-state index < -0.39 is 0 Å². The van der Waals surface area contributed by atoms with Gasteiger partial charge in [0.15, 0.2) is 0 Å². The number of halogens is 1. The molecule has 1 aromatic carbocycles. The molecule has 2 rings (SSSR count). The van der Waals surface area contributed by atoms with Crippen LogP contribution >= 0.6 is 15.9 Å². The van der Waals surface area contributed by atoms with Gasteiger partial charge < -0.3 is 10.6 Å². The second kappa shape index (κ2) is 6.70. The molecule has 106 valence electrons. The highest BCUT2D eigenvalue weighted by Crippen LogP contribution is 2.21. The fourth-order valence-corrected chi connectivity index (χ4v) is 2.23. The van der Waals surface area contributed by atoms with E-state index in [0.29, 0.717) is 0 Å². The van der Waals surface area contributed by atoms with Gasteiger partial charge in [0.05, 0.1) is 0 Å². The van der Waals surface area contributed by atoms with Gasteiger partial charge in [-0.3, -0.25) is 0 Å². The number of anilines is 2. The molecule has 0 spiro atoms. The third-order valence-electron chi connectivity index (χ3n) is 2.93. The van der Waals surface area contributed by atoms with Crippen LogP contribution in [0.2, 0.25) is 0 Å². The molecule has 1 aromatic heterocycles. The standard InChI is InChI=1S/C15H19BrN4/c1-4-17-14-9-15(20-11(3)19-14)18-10(2)12-5-7-13(16)8-6-12/h5-10H,4H2,1-3H3,(H2,17,18,19,20). The van der Waals surface area contributed by atoms with Crippen molar-refractivity contribution in [2.75, 3.05) is 17.2 Å². The lowest BCUT2D eigenvalue weighted by atomic mass is 10.1. The van der Waals surface area contributed by atoms with Gasteiger partial charge in [-0.2, -0.15) is 0 Å². The highest BCUT2D eigenvalue weighted by molar-refractivity contribution is 9.10. The lowest BCUT2D eigenvalue weighted by Gasteiger charge is -2.16. The first-order valence-electron chi connectivity index (χ1n) is 6.70. The van der Waals surface area contributed by atoms with E-state index in [1.165, 1.54) is 5.56 Å². The van der Waals surface area contributed by atoms with Crippen molar-refractivity contribution >= 4 is 27.6 Å². The van der Waals surface area contributed by atoms with E-state index in [0.717, 1.165) is 28.5 Å². The molecule has 1 heterocycles. The van der Waals surface area contributed by atoms with Crippen LogP contribution in [0.3, 0.4) is 0 Å². The van der Waals surface area contributed by atoms with Crippen LogP contribution in [0.1, 0.15) is 31.3 Å². The van der Waals surface area contributed by atoms with E-state index in [4.69, 9.17) is 0 Å². The van der Waals surface area contributed by atoms with Crippen molar-refractivity contribution in [3.05, 3.63) is 46.2 Å². The predicted octanol–water partition coefficient (Wildman–Crippen LogP) is 4.15. The third-order valence-corrected chi connectivity index (χ3v) is 3.46. The van der Waals surface area contributed by atoms with E-state index in [9.17, 15) is 0 Å². The van der Waals surface area contributed by atoms with Crippen molar-refractivity contribution in [2.24, 2.45) is 0 Å². The SMILES string of the molecule is CCNc1cc(NC(C)c2ccc(Br)cc2)nc(C)n1. The fourth-order valence-electron chi connectivity index (χ4n) is 1.97. The van der Waals surface area contributed by atoms with Gasteiger partial charge in [-0.05, 0) is 38.5 Å². The lowest BCUT2D eigenvalue weighted by molar-refractivity contribution is 0.866. The molecular weight excluding hydrogens is 316 g/mol. The summed E-state index contributed by atoms with van der Waals surface area (Å²) in [5.41, 5.74) is 1.22. The average Bonchev–Trinajstić information content (AvgIpc) is 2.39. The van der Waals surface area contributed by atoms with Gasteiger partial charge in [0.1, 0.15) is 17.5 Å². The van der Waals surface area contributed by atoms with Gasteiger partial charge in [0.25, 0.3) is 0 Å². The Hall–Kier alpha value is -1.62. The second-order valence-corrected chi connectivity index (χ2v) is 5.55. The van der Waals surface area contributed by atoms with E-state index in [1.54, 1.807) is 0 Å². The molecule has 2 aromatic rings. The molecule has 2 N–H and O–H groups in total. The Labute approximate surface area is 128 Å². The van der Waals surface area contributed by atoms with E-state index in [2.05, 4.69) is 62.5 Å². The molecule has 0 bridgehead atoms. The Kier molecular flexibility index (Phi) is 4.95. The largest absolute Gasteiger partial charge is 0.370 e. The number of nitrogens with zero attached hydrogens (tertiary/aromatic N) is 2. The number of hydrogen-bond donors (Lipinski definition) is 2. The highest BCUT2D eigenvalue weighted by Gasteiger charge is 2.07. The Morgan fingerprint density at radius 3 is 2.45 bits per heavy atom. The third kappa shape index (κ3) is 3.93. The Balaban J connectivity index is 2.14. The number of benzene rings is 1. The van der Waals surface area contributed by atoms with Crippen LogP contribution in [-0.2, 0) is 0 Å². The van der Waals surface area contributed by atoms with Gasteiger partial charge in [-0.1, -0.05) is 28.1 Å². The zero-order chi connectivity index (χ0) is 14.5. The molecular formula is C15H19BrN4. The minimum atomic E-state index is 0.187. The van der Waals surface area contributed by atoms with Crippen molar-refractivity contribution in [1.82, 2.24) is 9.97 Å². The van der Waals surface area contributed by atoms with Crippen molar-refractivity contribution in [3.8, 4) is 0 Å². The molecule has 0 saturated heterocycles. The maximum absolute atomic E-state index is 4.43. The smallest absolute Gasteiger partial charge is 0.132 e. The molecule has 1 unspecified atom stereocenters. The lowest BCUT2D eigenvalue weighted by Crippen LogP contribution is -2.10. The summed E-state index contributed by atoms with van der Waals surface area (Å²) >= 11 is 3.45. The normalized spacial score (nSPS) is 12.0. The van der Waals surface area contributed by atoms with Crippen LogP contribution in [0.25, 0.3) is 0 Å². The number of aromatic nitrogens is 2. The molecule has 1 atom stereocenters. The maximum Gasteiger partial charge on any atom is 0.132 e. The van der Waals surface area contributed by atoms with Crippen LogP contribution in [-0.4, -0.2) is 16.5 Å². The predicted molar refractivity (Wildman–Crippen MR) is 87.1 cm³/mol. The summed E-state index contributed by atoms with van der Waals surface area (Å²) in [6.07, 6.45) is 0. The van der Waals surface area contributed by atoms with Crippen molar-refractivity contribution in [1.29, 1.82) is 0 Å². The second-order valence-electron chi connectivity index (χ2n) is 4.63. The molecule has 4 nitrogen and oxygen atoms in total. The van der Waals surface area contributed by atoms with Gasteiger partial charge in [-0.15, -0.1) is 0 Å². The zero-order valence-corrected chi connectivity index (χ0v) is 13.5. The van der Waals surface area contributed by atoms with Gasteiger partial charge in [0.2, 0.25) is 0 Å². The highest BCUT2D eigenvalue weighted by atomic mass is 79.9. The Morgan fingerprint density at radius 1 is 1.15 bits per heavy atom. The molecule has 0 aliphatic heterocycles. The topological polar surface area (TPSA) is 49.8 Å². The minimum absolute atomic E-state index is 0.187. The molecule has 0 radical (unpaired) electrons. The van der Waals surface area contributed by atoms with E-state index in [1.807, 2.05) is 25.1 Å². The molecule has 0 amide bonds. The van der Waals surface area contributed by atoms with Crippen molar-refractivity contribution in [3.63, 3.8) is 0 Å². The molecule has 0 aliphatic carbocycles. The molecule has 0 aliphatic rings. The molecule has 20 heavy (non-hydrogen) atoms. The summed E-state index contributed by atoms with van der Waals surface area (Å²) < 4.78 is 1.08. The number of hydrogen-bond acceptors (Lipinski definition) is 4. The zero-order valence-electron chi connectivity index (χ0n) is 11.9. The summed E-state index contributed by atoms with van der Waals surface area (Å²) in [4.78, 5) is 8.77. The number of rotatable bonds is 5. The Morgan fingerprint density at radius 2 is 1.80 bits per heavy atom. The van der Waals surface area contributed by atoms with Crippen LogP contribution in [0.5, 0.6) is 0 Å². The van der Waals surface area contributed by atoms with E-state index >= 15 is 0 Å². The molecule has 5 heteroatoms. The summed E-state index contributed by atoms with van der Waals surface area (Å²) in [7, 11) is 0. The summed E-state index contributed by atoms with van der Waals surface area (Å²) in [5, 5.41) is 6.62. The maximum atomic E-state index is 4.43. The van der Waals surface area contributed by atoms with Gasteiger partial charge >= 0.3 is 0 Å². The summed E-state index contributed by atoms with van der Waals surface area (Å²) in [6, 6.07) is 10.4. The quantitative estimate of drug-likeness (QED) is 0.862. The average molecular weight is 335 g/mol. The van der Waals surface area contributed by atoms with E-state index in [-0.39, 0.29) is 6.04 Å². The monoisotopic (exact) mass is 334 g/mol. The summed E-state index contributed by atoms with van der Waals surface area (Å²) in [6.45, 7) is 6.91. The van der Waals surface area contributed by atoms with Crippen LogP contribution in [0, 0.1) is 6.92 Å². The van der Waals surface area contributed by atoms with Crippen molar-refractivity contribution < 1.29 is 0 Å². The van der Waals surface area contributed by atoms with Crippen LogP contribution < -0.4 is 10.6 Å². The fraction of sp³-hybridized carbons (Fsp3) is 0.333. The molecule has 0 saturated carbocycles. The first-order valence-corrected chi connectivity index (χ1v) is 7.49. The van der Waals surface area contributed by atoms with Crippen molar-refractivity contribution in [2.45, 2.75) is 26.8 Å². The van der Waals surface area contributed by atoms with Crippen LogP contribution in [0.4, 0.5) is 11.6 Å².